The summed E-state index contributed by atoms with van der Waals surface area (Å²) in [4.78, 5) is 8.80. The molecule has 2 nitrogen and oxygen atoms in total. The summed E-state index contributed by atoms with van der Waals surface area (Å²) in [6, 6.07) is 8.33. The molecule has 0 unspecified atom stereocenters. The molecule has 0 spiro atoms. The lowest BCUT2D eigenvalue weighted by Gasteiger charge is -2.06. The van der Waals surface area contributed by atoms with Crippen molar-refractivity contribution in [3.05, 3.63) is 57.6 Å². The Morgan fingerprint density at radius 2 is 1.67 bits per heavy atom. The SMILES string of the molecule is CCc1cc(Cl)nc(Cc2cc(C)cc(C)c2)n1. The highest BCUT2D eigenvalue weighted by atomic mass is 35.5. The van der Waals surface area contributed by atoms with Crippen molar-refractivity contribution in [3.63, 3.8) is 0 Å². The lowest BCUT2D eigenvalue weighted by molar-refractivity contribution is 0.904. The minimum absolute atomic E-state index is 0.529. The molecule has 0 amide bonds. The van der Waals surface area contributed by atoms with Crippen molar-refractivity contribution in [2.45, 2.75) is 33.6 Å². The maximum absolute atomic E-state index is 6.01. The predicted octanol–water partition coefficient (Wildman–Crippen LogP) is 3.90. The molecule has 1 heterocycles. The van der Waals surface area contributed by atoms with Gasteiger partial charge in [-0.3, -0.25) is 0 Å². The van der Waals surface area contributed by atoms with Gasteiger partial charge in [0.1, 0.15) is 11.0 Å². The van der Waals surface area contributed by atoms with E-state index in [2.05, 4.69) is 48.9 Å². The Bertz CT molecular complexity index is 544. The molecule has 0 aliphatic heterocycles. The summed E-state index contributed by atoms with van der Waals surface area (Å²) in [7, 11) is 0. The molecular weight excluding hydrogens is 244 g/mol. The standard InChI is InChI=1S/C15H17ClN2/c1-4-13-9-14(16)18-15(17-13)8-12-6-10(2)5-11(3)7-12/h5-7,9H,4,8H2,1-3H3. The third-order valence-electron chi connectivity index (χ3n) is 2.80. The van der Waals surface area contributed by atoms with Gasteiger partial charge in [-0.1, -0.05) is 47.9 Å². The fourth-order valence-corrected chi connectivity index (χ4v) is 2.35. The Morgan fingerprint density at radius 1 is 1.00 bits per heavy atom. The van der Waals surface area contributed by atoms with E-state index in [0.29, 0.717) is 5.15 Å². The minimum Gasteiger partial charge on any atom is -0.237 e. The molecule has 0 saturated carbocycles. The zero-order valence-electron chi connectivity index (χ0n) is 11.0. The summed E-state index contributed by atoms with van der Waals surface area (Å²) >= 11 is 6.01. The van der Waals surface area contributed by atoms with Gasteiger partial charge in [0, 0.05) is 12.1 Å². The van der Waals surface area contributed by atoms with Crippen molar-refractivity contribution in [2.75, 3.05) is 0 Å². The molecule has 94 valence electrons. The second-order valence-electron chi connectivity index (χ2n) is 4.62. The first-order valence-electron chi connectivity index (χ1n) is 6.16. The van der Waals surface area contributed by atoms with E-state index >= 15 is 0 Å². The van der Waals surface area contributed by atoms with Crippen molar-refractivity contribution >= 4 is 11.6 Å². The highest BCUT2D eigenvalue weighted by Gasteiger charge is 2.04. The van der Waals surface area contributed by atoms with Gasteiger partial charge >= 0.3 is 0 Å². The first-order valence-corrected chi connectivity index (χ1v) is 6.54. The molecule has 1 aromatic carbocycles. The molecule has 0 radical (unpaired) electrons. The molecule has 3 heteroatoms. The number of aryl methyl sites for hydroxylation is 3. The van der Waals surface area contributed by atoms with E-state index in [9.17, 15) is 0 Å². The molecule has 1 aromatic heterocycles. The summed E-state index contributed by atoms with van der Waals surface area (Å²) in [5.74, 6) is 0.796. The molecule has 18 heavy (non-hydrogen) atoms. The van der Waals surface area contributed by atoms with E-state index in [1.807, 2.05) is 6.07 Å². The van der Waals surface area contributed by atoms with E-state index in [4.69, 9.17) is 11.6 Å². The molecule has 2 rings (SSSR count). The van der Waals surface area contributed by atoms with E-state index in [1.54, 1.807) is 0 Å². The van der Waals surface area contributed by atoms with Crippen LogP contribution in [0, 0.1) is 13.8 Å². The van der Waals surface area contributed by atoms with Crippen molar-refractivity contribution in [1.29, 1.82) is 0 Å². The number of nitrogens with zero attached hydrogens (tertiary/aromatic N) is 2. The van der Waals surface area contributed by atoms with Gasteiger partial charge in [-0.2, -0.15) is 0 Å². The predicted molar refractivity (Wildman–Crippen MR) is 75.1 cm³/mol. The monoisotopic (exact) mass is 260 g/mol. The molecule has 0 saturated heterocycles. The molecule has 0 aliphatic rings. The zero-order chi connectivity index (χ0) is 13.1. The van der Waals surface area contributed by atoms with Crippen LogP contribution in [0.3, 0.4) is 0 Å². The first-order chi connectivity index (χ1) is 8.56. The summed E-state index contributed by atoms with van der Waals surface area (Å²) in [6.07, 6.45) is 1.61. The number of hydrogen-bond acceptors (Lipinski definition) is 2. The van der Waals surface area contributed by atoms with Gasteiger partial charge in [-0.15, -0.1) is 0 Å². The number of benzene rings is 1. The second-order valence-corrected chi connectivity index (χ2v) is 5.01. The van der Waals surface area contributed by atoms with Crippen molar-refractivity contribution in [1.82, 2.24) is 9.97 Å². The number of rotatable bonds is 3. The number of halogens is 1. The minimum atomic E-state index is 0.529. The van der Waals surface area contributed by atoms with Crippen molar-refractivity contribution in [2.24, 2.45) is 0 Å². The van der Waals surface area contributed by atoms with E-state index in [0.717, 1.165) is 24.4 Å². The van der Waals surface area contributed by atoms with Crippen LogP contribution >= 0.6 is 11.6 Å². The fourth-order valence-electron chi connectivity index (χ4n) is 2.13. The Hall–Kier alpha value is -1.41. The van der Waals surface area contributed by atoms with E-state index in [-0.39, 0.29) is 0 Å². The third kappa shape index (κ3) is 3.30. The number of aromatic nitrogens is 2. The van der Waals surface area contributed by atoms with Crippen LogP contribution < -0.4 is 0 Å². The van der Waals surface area contributed by atoms with E-state index in [1.165, 1.54) is 16.7 Å². The fraction of sp³-hybridized carbons (Fsp3) is 0.333. The lowest BCUT2D eigenvalue weighted by atomic mass is 10.0. The largest absolute Gasteiger partial charge is 0.237 e. The highest BCUT2D eigenvalue weighted by molar-refractivity contribution is 6.29. The molecular formula is C15H17ClN2. The van der Waals surface area contributed by atoms with Crippen molar-refractivity contribution < 1.29 is 0 Å². The maximum atomic E-state index is 6.01. The van der Waals surface area contributed by atoms with Gasteiger partial charge in [0.2, 0.25) is 0 Å². The smallest absolute Gasteiger partial charge is 0.134 e. The topological polar surface area (TPSA) is 25.8 Å². The van der Waals surface area contributed by atoms with Crippen LogP contribution in [0.25, 0.3) is 0 Å². The average Bonchev–Trinajstić information content (AvgIpc) is 2.26. The lowest BCUT2D eigenvalue weighted by Crippen LogP contribution is -2.01. The van der Waals surface area contributed by atoms with Gasteiger partial charge in [-0.25, -0.2) is 9.97 Å². The van der Waals surface area contributed by atoms with Crippen LogP contribution in [0.5, 0.6) is 0 Å². The quantitative estimate of drug-likeness (QED) is 0.783. The van der Waals surface area contributed by atoms with Gasteiger partial charge in [0.05, 0.1) is 0 Å². The van der Waals surface area contributed by atoms with Crippen LogP contribution in [0.15, 0.2) is 24.3 Å². The maximum Gasteiger partial charge on any atom is 0.134 e. The molecule has 0 aliphatic carbocycles. The Labute approximate surface area is 113 Å². The van der Waals surface area contributed by atoms with Gasteiger partial charge in [-0.05, 0) is 31.9 Å². The summed E-state index contributed by atoms with van der Waals surface area (Å²) in [5, 5.41) is 0.529. The first kappa shape index (κ1) is 13.0. The van der Waals surface area contributed by atoms with Crippen molar-refractivity contribution in [3.8, 4) is 0 Å². The zero-order valence-corrected chi connectivity index (χ0v) is 11.8. The van der Waals surface area contributed by atoms with Gasteiger partial charge in [0.25, 0.3) is 0 Å². The summed E-state index contributed by atoms with van der Waals surface area (Å²) in [5.41, 5.74) is 4.76. The molecule has 0 N–H and O–H groups in total. The molecule has 2 aromatic rings. The third-order valence-corrected chi connectivity index (χ3v) is 2.99. The number of hydrogen-bond donors (Lipinski definition) is 0. The normalized spacial score (nSPS) is 10.7. The van der Waals surface area contributed by atoms with Crippen LogP contribution in [-0.4, -0.2) is 9.97 Å². The second kappa shape index (κ2) is 5.49. The molecule has 0 bridgehead atoms. The Morgan fingerprint density at radius 3 is 2.28 bits per heavy atom. The molecule has 0 atom stereocenters. The summed E-state index contributed by atoms with van der Waals surface area (Å²) in [6.45, 7) is 6.28. The average molecular weight is 261 g/mol. The Balaban J connectivity index is 2.30. The summed E-state index contributed by atoms with van der Waals surface area (Å²) < 4.78 is 0. The highest BCUT2D eigenvalue weighted by Crippen LogP contribution is 2.14. The van der Waals surface area contributed by atoms with Crippen LogP contribution in [-0.2, 0) is 12.8 Å². The van der Waals surface area contributed by atoms with Gasteiger partial charge in [0.15, 0.2) is 0 Å². The van der Waals surface area contributed by atoms with Crippen LogP contribution in [0.4, 0.5) is 0 Å². The van der Waals surface area contributed by atoms with Crippen LogP contribution in [0.1, 0.15) is 35.1 Å². The van der Waals surface area contributed by atoms with Crippen LogP contribution in [0.2, 0.25) is 5.15 Å². The Kier molecular flexibility index (Phi) is 3.97. The molecule has 0 fully saturated rings. The van der Waals surface area contributed by atoms with Gasteiger partial charge < -0.3 is 0 Å². The van der Waals surface area contributed by atoms with E-state index < -0.39 is 0 Å².